The van der Waals surface area contributed by atoms with Crippen molar-refractivity contribution in [3.63, 3.8) is 0 Å². The van der Waals surface area contributed by atoms with Crippen LogP contribution in [0, 0.1) is 0 Å². The van der Waals surface area contributed by atoms with E-state index in [2.05, 4.69) is 26.0 Å². The Hall–Kier alpha value is -1.57. The predicted octanol–water partition coefficient (Wildman–Crippen LogP) is 2.76. The van der Waals surface area contributed by atoms with E-state index in [0.29, 0.717) is 6.07 Å². The minimum absolute atomic E-state index is 0.195. The van der Waals surface area contributed by atoms with E-state index >= 15 is 0 Å². The average Bonchev–Trinajstić information content (AvgIpc) is 2.36. The third-order valence-electron chi connectivity index (χ3n) is 2.44. The van der Waals surface area contributed by atoms with E-state index in [0.717, 1.165) is 19.2 Å². The molecule has 1 atom stereocenters. The number of methoxy groups -OCH3 is 1. The summed E-state index contributed by atoms with van der Waals surface area (Å²) in [5.74, 6) is -1.50. The summed E-state index contributed by atoms with van der Waals surface area (Å²) >= 11 is 3.00. The second-order valence-electron chi connectivity index (χ2n) is 3.91. The molecule has 0 fully saturated rings. The van der Waals surface area contributed by atoms with E-state index in [-0.39, 0.29) is 10.0 Å². The number of esters is 1. The van der Waals surface area contributed by atoms with Gasteiger partial charge in [0.2, 0.25) is 0 Å². The van der Waals surface area contributed by atoms with E-state index in [1.807, 2.05) is 0 Å². The molecule has 8 heteroatoms. The smallest absolute Gasteiger partial charge is 0.416 e. The van der Waals surface area contributed by atoms with Crippen LogP contribution in [0.25, 0.3) is 0 Å². The van der Waals surface area contributed by atoms with E-state index in [1.54, 1.807) is 0 Å². The topological polar surface area (TPSA) is 55.4 Å². The molecule has 0 saturated carbocycles. The number of carbonyl (C=O) groups excluding carboxylic acids is 2. The van der Waals surface area contributed by atoms with Crippen LogP contribution >= 0.6 is 15.9 Å². The van der Waals surface area contributed by atoms with Crippen molar-refractivity contribution in [1.82, 2.24) is 5.32 Å². The first-order valence-electron chi connectivity index (χ1n) is 5.42. The highest BCUT2D eigenvalue weighted by molar-refractivity contribution is 9.10. The monoisotopic (exact) mass is 353 g/mol. The highest BCUT2D eigenvalue weighted by Crippen LogP contribution is 2.31. The Morgan fingerprint density at radius 2 is 1.95 bits per heavy atom. The van der Waals surface area contributed by atoms with Gasteiger partial charge in [-0.1, -0.05) is 0 Å². The Morgan fingerprint density at radius 1 is 1.35 bits per heavy atom. The van der Waals surface area contributed by atoms with Crippen LogP contribution in [0.3, 0.4) is 0 Å². The maximum atomic E-state index is 12.6. The molecule has 0 aliphatic rings. The first kappa shape index (κ1) is 16.5. The zero-order valence-corrected chi connectivity index (χ0v) is 12.1. The highest BCUT2D eigenvalue weighted by Gasteiger charge is 2.31. The maximum Gasteiger partial charge on any atom is 0.416 e. The summed E-state index contributed by atoms with van der Waals surface area (Å²) in [6.07, 6.45) is -4.55. The summed E-state index contributed by atoms with van der Waals surface area (Å²) in [4.78, 5) is 23.0. The molecule has 1 unspecified atom stereocenters. The minimum Gasteiger partial charge on any atom is -0.467 e. The number of hydrogen-bond donors (Lipinski definition) is 1. The van der Waals surface area contributed by atoms with Gasteiger partial charge in [-0.2, -0.15) is 13.2 Å². The lowest BCUT2D eigenvalue weighted by molar-refractivity contribution is -0.142. The van der Waals surface area contributed by atoms with Crippen molar-refractivity contribution in [2.45, 2.75) is 19.1 Å². The molecule has 0 spiro atoms. The molecular formula is C12H11BrF3NO3. The number of nitrogens with one attached hydrogen (secondary N) is 1. The Balaban J connectivity index is 3.01. The second-order valence-corrected chi connectivity index (χ2v) is 4.77. The molecule has 4 nitrogen and oxygen atoms in total. The van der Waals surface area contributed by atoms with Crippen molar-refractivity contribution in [3.8, 4) is 0 Å². The summed E-state index contributed by atoms with van der Waals surface area (Å²) in [6.45, 7) is 1.37. The SMILES string of the molecule is COC(=O)C(C)NC(=O)c1cc(C(F)(F)F)ccc1Br. The lowest BCUT2D eigenvalue weighted by atomic mass is 10.1. The number of halogens is 4. The van der Waals surface area contributed by atoms with Gasteiger partial charge < -0.3 is 10.1 Å². The van der Waals surface area contributed by atoms with Crippen LogP contribution in [0.15, 0.2) is 22.7 Å². The minimum atomic E-state index is -4.55. The van der Waals surface area contributed by atoms with E-state index in [4.69, 9.17) is 0 Å². The van der Waals surface area contributed by atoms with Crippen LogP contribution in [-0.2, 0) is 15.7 Å². The van der Waals surface area contributed by atoms with Gasteiger partial charge in [0, 0.05) is 4.47 Å². The Kier molecular flexibility index (Phi) is 5.15. The van der Waals surface area contributed by atoms with Crippen molar-refractivity contribution in [1.29, 1.82) is 0 Å². The number of amides is 1. The molecule has 0 radical (unpaired) electrons. The van der Waals surface area contributed by atoms with Gasteiger partial charge in [0.25, 0.3) is 5.91 Å². The van der Waals surface area contributed by atoms with Crippen LogP contribution in [-0.4, -0.2) is 25.0 Å². The highest BCUT2D eigenvalue weighted by atomic mass is 79.9. The van der Waals surface area contributed by atoms with E-state index in [9.17, 15) is 22.8 Å². The van der Waals surface area contributed by atoms with Gasteiger partial charge in [-0.15, -0.1) is 0 Å². The van der Waals surface area contributed by atoms with Gasteiger partial charge in [0.05, 0.1) is 18.2 Å². The van der Waals surface area contributed by atoms with Gasteiger partial charge in [0.15, 0.2) is 0 Å². The van der Waals surface area contributed by atoms with Crippen molar-refractivity contribution < 1.29 is 27.5 Å². The summed E-state index contributed by atoms with van der Waals surface area (Å²) in [6, 6.07) is 1.73. The number of ether oxygens (including phenoxy) is 1. The van der Waals surface area contributed by atoms with Gasteiger partial charge in [-0.3, -0.25) is 4.79 Å². The summed E-state index contributed by atoms with van der Waals surface area (Å²) in [5.41, 5.74) is -1.16. The average molecular weight is 354 g/mol. The fourth-order valence-electron chi connectivity index (χ4n) is 1.39. The predicted molar refractivity (Wildman–Crippen MR) is 68.1 cm³/mol. The van der Waals surface area contributed by atoms with Crippen molar-refractivity contribution in [3.05, 3.63) is 33.8 Å². The van der Waals surface area contributed by atoms with E-state index < -0.39 is 29.7 Å². The molecule has 0 aliphatic carbocycles. The molecule has 0 heterocycles. The maximum absolute atomic E-state index is 12.6. The van der Waals surface area contributed by atoms with Crippen LogP contribution in [0.4, 0.5) is 13.2 Å². The fourth-order valence-corrected chi connectivity index (χ4v) is 1.81. The lowest BCUT2D eigenvalue weighted by Crippen LogP contribution is -2.39. The molecule has 110 valence electrons. The normalized spacial score (nSPS) is 12.7. The first-order valence-corrected chi connectivity index (χ1v) is 6.21. The number of rotatable bonds is 3. The number of alkyl halides is 3. The molecule has 1 aromatic carbocycles. The zero-order valence-electron chi connectivity index (χ0n) is 10.5. The molecule has 0 aliphatic heterocycles. The fraction of sp³-hybridized carbons (Fsp3) is 0.333. The van der Waals surface area contributed by atoms with Crippen molar-refractivity contribution in [2.75, 3.05) is 7.11 Å². The van der Waals surface area contributed by atoms with Crippen LogP contribution < -0.4 is 5.32 Å². The van der Waals surface area contributed by atoms with Gasteiger partial charge in [-0.25, -0.2) is 4.79 Å². The number of hydrogen-bond acceptors (Lipinski definition) is 3. The largest absolute Gasteiger partial charge is 0.467 e. The number of benzene rings is 1. The summed E-state index contributed by atoms with van der Waals surface area (Å²) in [7, 11) is 1.14. The third kappa shape index (κ3) is 3.96. The molecule has 0 saturated heterocycles. The van der Waals surface area contributed by atoms with Crippen LogP contribution in [0.2, 0.25) is 0 Å². The number of carbonyl (C=O) groups is 2. The van der Waals surface area contributed by atoms with Gasteiger partial charge in [0.1, 0.15) is 6.04 Å². The van der Waals surface area contributed by atoms with E-state index in [1.165, 1.54) is 6.92 Å². The van der Waals surface area contributed by atoms with Crippen molar-refractivity contribution in [2.24, 2.45) is 0 Å². The first-order chi connectivity index (χ1) is 9.16. The van der Waals surface area contributed by atoms with Gasteiger partial charge in [-0.05, 0) is 41.1 Å². The standard InChI is InChI=1S/C12H11BrF3NO3/c1-6(11(19)20-2)17-10(18)8-5-7(12(14,15)16)3-4-9(8)13/h3-6H,1-2H3,(H,17,18). The Morgan fingerprint density at radius 3 is 2.45 bits per heavy atom. The molecular weight excluding hydrogens is 343 g/mol. The lowest BCUT2D eigenvalue weighted by Gasteiger charge is -2.14. The molecule has 1 N–H and O–H groups in total. The molecule has 1 aromatic rings. The van der Waals surface area contributed by atoms with Crippen LogP contribution in [0.5, 0.6) is 0 Å². The Bertz CT molecular complexity index is 531. The zero-order chi connectivity index (χ0) is 15.5. The van der Waals surface area contributed by atoms with Crippen LogP contribution in [0.1, 0.15) is 22.8 Å². The second kappa shape index (κ2) is 6.25. The quantitative estimate of drug-likeness (QED) is 0.850. The molecule has 1 amide bonds. The molecule has 0 aromatic heterocycles. The molecule has 1 rings (SSSR count). The summed E-state index contributed by atoms with van der Waals surface area (Å²) in [5, 5.41) is 2.26. The van der Waals surface area contributed by atoms with Crippen molar-refractivity contribution >= 4 is 27.8 Å². The Labute approximate surface area is 121 Å². The summed E-state index contributed by atoms with van der Waals surface area (Å²) < 4.78 is 42.4. The third-order valence-corrected chi connectivity index (χ3v) is 3.13. The molecule has 20 heavy (non-hydrogen) atoms. The van der Waals surface area contributed by atoms with Gasteiger partial charge >= 0.3 is 12.1 Å². The molecule has 0 bridgehead atoms.